The SMILES string of the molecule is O=C(O)CC1COCCN1C(=O)c1ccn(-c2cccc(Br)c2)n1. The van der Waals surface area contributed by atoms with E-state index in [0.717, 1.165) is 10.2 Å². The predicted molar refractivity (Wildman–Crippen MR) is 89.2 cm³/mol. The van der Waals surface area contributed by atoms with E-state index < -0.39 is 12.0 Å². The van der Waals surface area contributed by atoms with Gasteiger partial charge in [0.2, 0.25) is 0 Å². The highest BCUT2D eigenvalue weighted by Gasteiger charge is 2.30. The summed E-state index contributed by atoms with van der Waals surface area (Å²) < 4.78 is 7.83. The highest BCUT2D eigenvalue weighted by atomic mass is 79.9. The number of nitrogens with zero attached hydrogens (tertiary/aromatic N) is 3. The summed E-state index contributed by atoms with van der Waals surface area (Å²) in [6.45, 7) is 0.985. The number of ether oxygens (including phenoxy) is 1. The van der Waals surface area contributed by atoms with Gasteiger partial charge in [0.25, 0.3) is 5.91 Å². The van der Waals surface area contributed by atoms with Gasteiger partial charge in [0, 0.05) is 17.2 Å². The van der Waals surface area contributed by atoms with Crippen molar-refractivity contribution in [2.75, 3.05) is 19.8 Å². The summed E-state index contributed by atoms with van der Waals surface area (Å²) in [5.41, 5.74) is 1.11. The second-order valence-electron chi connectivity index (χ2n) is 5.45. The highest BCUT2D eigenvalue weighted by molar-refractivity contribution is 9.10. The average Bonchev–Trinajstić information content (AvgIpc) is 3.04. The van der Waals surface area contributed by atoms with Crippen LogP contribution in [-0.4, -0.2) is 57.5 Å². The Morgan fingerprint density at radius 3 is 2.96 bits per heavy atom. The van der Waals surface area contributed by atoms with Crippen molar-refractivity contribution in [3.63, 3.8) is 0 Å². The summed E-state index contributed by atoms with van der Waals surface area (Å²) in [6.07, 6.45) is 1.57. The normalized spacial score (nSPS) is 17.7. The molecule has 0 spiro atoms. The van der Waals surface area contributed by atoms with Gasteiger partial charge in [-0.2, -0.15) is 5.10 Å². The largest absolute Gasteiger partial charge is 0.481 e. The monoisotopic (exact) mass is 393 g/mol. The third-order valence-electron chi connectivity index (χ3n) is 3.78. The molecule has 0 bridgehead atoms. The molecule has 1 aliphatic rings. The van der Waals surface area contributed by atoms with Crippen molar-refractivity contribution in [1.29, 1.82) is 0 Å². The zero-order chi connectivity index (χ0) is 17.1. The first-order valence-corrected chi connectivity index (χ1v) is 8.26. The number of carboxylic acid groups (broad SMARTS) is 1. The number of amides is 1. The Hall–Kier alpha value is -2.19. The second-order valence-corrected chi connectivity index (χ2v) is 6.37. The zero-order valence-corrected chi connectivity index (χ0v) is 14.3. The Balaban J connectivity index is 1.80. The molecule has 8 heteroatoms. The smallest absolute Gasteiger partial charge is 0.305 e. The number of benzene rings is 1. The summed E-state index contributed by atoms with van der Waals surface area (Å²) in [6, 6.07) is 8.73. The molecule has 2 heterocycles. The number of morpholine rings is 1. The van der Waals surface area contributed by atoms with Gasteiger partial charge < -0.3 is 14.7 Å². The molecule has 0 radical (unpaired) electrons. The zero-order valence-electron chi connectivity index (χ0n) is 12.8. The van der Waals surface area contributed by atoms with Crippen LogP contribution in [0.3, 0.4) is 0 Å². The van der Waals surface area contributed by atoms with Crippen LogP contribution in [0.25, 0.3) is 5.69 Å². The van der Waals surface area contributed by atoms with Crippen LogP contribution >= 0.6 is 15.9 Å². The van der Waals surface area contributed by atoms with Gasteiger partial charge in [-0.05, 0) is 24.3 Å². The summed E-state index contributed by atoms with van der Waals surface area (Å²) in [5, 5.41) is 13.3. The molecule has 1 N–H and O–H groups in total. The minimum Gasteiger partial charge on any atom is -0.481 e. The van der Waals surface area contributed by atoms with Crippen LogP contribution in [0.1, 0.15) is 16.9 Å². The maximum absolute atomic E-state index is 12.7. The van der Waals surface area contributed by atoms with Gasteiger partial charge in [0.1, 0.15) is 0 Å². The van der Waals surface area contributed by atoms with E-state index in [1.807, 2.05) is 24.3 Å². The molecule has 1 saturated heterocycles. The molecular formula is C16H16BrN3O4. The summed E-state index contributed by atoms with van der Waals surface area (Å²) in [4.78, 5) is 25.2. The number of carbonyl (C=O) groups excluding carboxylic acids is 1. The van der Waals surface area contributed by atoms with E-state index in [1.165, 1.54) is 4.90 Å². The minimum absolute atomic E-state index is 0.141. The molecule has 1 unspecified atom stereocenters. The molecule has 0 aliphatic carbocycles. The first kappa shape index (κ1) is 16.7. The second kappa shape index (κ2) is 7.14. The number of rotatable bonds is 4. The van der Waals surface area contributed by atoms with E-state index in [9.17, 15) is 9.59 Å². The number of aliphatic carboxylic acids is 1. The molecule has 0 saturated carbocycles. The number of carbonyl (C=O) groups is 2. The van der Waals surface area contributed by atoms with Gasteiger partial charge in [-0.25, -0.2) is 4.68 Å². The average molecular weight is 394 g/mol. The Morgan fingerprint density at radius 1 is 1.38 bits per heavy atom. The van der Waals surface area contributed by atoms with Crippen molar-refractivity contribution in [3.05, 3.63) is 46.7 Å². The standard InChI is InChI=1S/C16H16BrN3O4/c17-11-2-1-3-12(8-11)20-5-4-14(18-20)16(23)19-6-7-24-10-13(19)9-15(21)22/h1-5,8,13H,6-7,9-10H2,(H,21,22). The van der Waals surface area contributed by atoms with Crippen LogP contribution in [0.15, 0.2) is 41.0 Å². The van der Waals surface area contributed by atoms with E-state index in [4.69, 9.17) is 9.84 Å². The Kier molecular flexibility index (Phi) is 4.96. The van der Waals surface area contributed by atoms with Gasteiger partial charge in [0.15, 0.2) is 5.69 Å². The van der Waals surface area contributed by atoms with Crippen molar-refractivity contribution < 1.29 is 19.4 Å². The Labute approximate surface area is 147 Å². The minimum atomic E-state index is -0.956. The van der Waals surface area contributed by atoms with Crippen molar-refractivity contribution >= 4 is 27.8 Å². The molecule has 3 rings (SSSR count). The van der Waals surface area contributed by atoms with E-state index in [0.29, 0.717) is 13.2 Å². The molecule has 1 fully saturated rings. The van der Waals surface area contributed by atoms with E-state index in [-0.39, 0.29) is 24.6 Å². The predicted octanol–water partition coefficient (Wildman–Crippen LogP) is 1.95. The molecule has 1 aromatic carbocycles. The molecule has 1 atom stereocenters. The van der Waals surface area contributed by atoms with Crippen LogP contribution in [0.4, 0.5) is 0 Å². The quantitative estimate of drug-likeness (QED) is 0.857. The van der Waals surface area contributed by atoms with Gasteiger partial charge in [-0.1, -0.05) is 22.0 Å². The van der Waals surface area contributed by atoms with E-state index in [2.05, 4.69) is 21.0 Å². The number of hydrogen-bond donors (Lipinski definition) is 1. The van der Waals surface area contributed by atoms with Crippen LogP contribution in [0.5, 0.6) is 0 Å². The fourth-order valence-electron chi connectivity index (χ4n) is 2.64. The molecule has 1 aliphatic heterocycles. The number of halogens is 1. The highest BCUT2D eigenvalue weighted by Crippen LogP contribution is 2.17. The third kappa shape index (κ3) is 3.65. The van der Waals surface area contributed by atoms with Gasteiger partial charge in [-0.15, -0.1) is 0 Å². The first-order valence-electron chi connectivity index (χ1n) is 7.47. The van der Waals surface area contributed by atoms with Crippen LogP contribution in [-0.2, 0) is 9.53 Å². The summed E-state index contributed by atoms with van der Waals surface area (Å²) >= 11 is 3.40. The maximum Gasteiger partial charge on any atom is 0.305 e. The van der Waals surface area contributed by atoms with E-state index >= 15 is 0 Å². The first-order chi connectivity index (χ1) is 11.5. The van der Waals surface area contributed by atoms with Gasteiger partial charge >= 0.3 is 5.97 Å². The van der Waals surface area contributed by atoms with Crippen molar-refractivity contribution in [2.24, 2.45) is 0 Å². The van der Waals surface area contributed by atoms with Gasteiger partial charge in [-0.3, -0.25) is 9.59 Å². The molecule has 1 aromatic heterocycles. The van der Waals surface area contributed by atoms with Crippen molar-refractivity contribution in [3.8, 4) is 5.69 Å². The maximum atomic E-state index is 12.7. The molecule has 2 aromatic rings. The molecular weight excluding hydrogens is 378 g/mol. The van der Waals surface area contributed by atoms with Crippen molar-refractivity contribution in [2.45, 2.75) is 12.5 Å². The molecule has 126 valence electrons. The summed E-state index contributed by atoms with van der Waals surface area (Å²) in [7, 11) is 0. The molecule has 1 amide bonds. The lowest BCUT2D eigenvalue weighted by Crippen LogP contribution is -2.49. The van der Waals surface area contributed by atoms with E-state index in [1.54, 1.807) is 16.9 Å². The fourth-order valence-corrected chi connectivity index (χ4v) is 3.03. The number of hydrogen-bond acceptors (Lipinski definition) is 4. The van der Waals surface area contributed by atoms with Crippen molar-refractivity contribution in [1.82, 2.24) is 14.7 Å². The fraction of sp³-hybridized carbons (Fsp3) is 0.312. The lowest BCUT2D eigenvalue weighted by molar-refractivity contribution is -0.139. The molecule has 7 nitrogen and oxygen atoms in total. The van der Waals surface area contributed by atoms with Crippen LogP contribution in [0, 0.1) is 0 Å². The molecule has 24 heavy (non-hydrogen) atoms. The summed E-state index contributed by atoms with van der Waals surface area (Å²) in [5.74, 6) is -1.23. The Bertz CT molecular complexity index is 761. The Morgan fingerprint density at radius 2 is 2.21 bits per heavy atom. The van der Waals surface area contributed by atoms with Crippen LogP contribution < -0.4 is 0 Å². The lowest BCUT2D eigenvalue weighted by atomic mass is 10.1. The number of aromatic nitrogens is 2. The van der Waals surface area contributed by atoms with Crippen LogP contribution in [0.2, 0.25) is 0 Å². The third-order valence-corrected chi connectivity index (χ3v) is 4.27. The topological polar surface area (TPSA) is 84.7 Å². The lowest BCUT2D eigenvalue weighted by Gasteiger charge is -2.34. The number of carboxylic acids is 1. The van der Waals surface area contributed by atoms with Gasteiger partial charge in [0.05, 0.1) is 31.4 Å².